The Kier molecular flexibility index (Phi) is 5.53. The van der Waals surface area contributed by atoms with E-state index in [-0.39, 0.29) is 18.5 Å². The molecule has 2 aromatic rings. The van der Waals surface area contributed by atoms with Crippen LogP contribution in [0.5, 0.6) is 0 Å². The van der Waals surface area contributed by atoms with E-state index in [4.69, 9.17) is 0 Å². The van der Waals surface area contributed by atoms with Gasteiger partial charge in [0, 0.05) is 24.8 Å². The van der Waals surface area contributed by atoms with Crippen molar-refractivity contribution in [2.75, 3.05) is 16.8 Å². The van der Waals surface area contributed by atoms with Gasteiger partial charge < -0.3 is 4.90 Å². The van der Waals surface area contributed by atoms with Gasteiger partial charge in [0.1, 0.15) is 17.7 Å². The van der Waals surface area contributed by atoms with Gasteiger partial charge in [0.25, 0.3) is 0 Å². The molecular formula is C21H19F3N4O2. The van der Waals surface area contributed by atoms with Crippen LogP contribution in [0.15, 0.2) is 30.3 Å². The second kappa shape index (κ2) is 7.78. The van der Waals surface area contributed by atoms with Crippen molar-refractivity contribution in [3.63, 3.8) is 0 Å². The Labute approximate surface area is 171 Å². The predicted molar refractivity (Wildman–Crippen MR) is 104 cm³/mol. The molecular weight excluding hydrogens is 397 g/mol. The normalized spacial score (nSPS) is 16.5. The van der Waals surface area contributed by atoms with Gasteiger partial charge in [-0.15, -0.1) is 0 Å². The van der Waals surface area contributed by atoms with Crippen molar-refractivity contribution in [1.29, 1.82) is 5.26 Å². The van der Waals surface area contributed by atoms with Crippen LogP contribution >= 0.6 is 0 Å². The Morgan fingerprint density at radius 1 is 1.30 bits per heavy atom. The van der Waals surface area contributed by atoms with Crippen molar-refractivity contribution in [3.8, 4) is 6.07 Å². The molecule has 0 unspecified atom stereocenters. The first-order valence-corrected chi connectivity index (χ1v) is 9.20. The molecule has 1 aliphatic rings. The highest BCUT2D eigenvalue weighted by Gasteiger charge is 2.43. The summed E-state index contributed by atoms with van der Waals surface area (Å²) in [6.07, 6.45) is -4.70. The molecule has 1 aliphatic heterocycles. The summed E-state index contributed by atoms with van der Waals surface area (Å²) in [7, 11) is 1.54. The highest BCUT2D eigenvalue weighted by molar-refractivity contribution is 6.08. The summed E-state index contributed by atoms with van der Waals surface area (Å²) < 4.78 is 40.4. The van der Waals surface area contributed by atoms with Crippen LogP contribution in [-0.4, -0.2) is 29.9 Å². The Balaban J connectivity index is 2.07. The minimum Gasteiger partial charge on any atom is -0.314 e. The van der Waals surface area contributed by atoms with E-state index in [2.05, 4.69) is 4.98 Å². The lowest BCUT2D eigenvalue weighted by molar-refractivity contribution is -0.138. The van der Waals surface area contributed by atoms with E-state index in [0.717, 1.165) is 16.5 Å². The average Bonchev–Trinajstić information content (AvgIpc) is 3.06. The van der Waals surface area contributed by atoms with Crippen molar-refractivity contribution in [3.05, 3.63) is 52.7 Å². The lowest BCUT2D eigenvalue weighted by Gasteiger charge is -2.29. The summed E-state index contributed by atoms with van der Waals surface area (Å²) in [5.74, 6) is -1.44. The number of nitrogens with zero attached hydrogens (tertiary/aromatic N) is 4. The third-order valence-corrected chi connectivity index (χ3v) is 4.99. The number of nitriles is 1. The Hall–Kier alpha value is -3.41. The molecule has 1 aromatic carbocycles. The van der Waals surface area contributed by atoms with Crippen molar-refractivity contribution in [2.45, 2.75) is 38.9 Å². The summed E-state index contributed by atoms with van der Waals surface area (Å²) >= 11 is 0. The van der Waals surface area contributed by atoms with Crippen LogP contribution in [0, 0.1) is 25.2 Å². The number of carbonyl (C=O) groups excluding carboxylic acids is 2. The fraction of sp³-hybridized carbons (Fsp3) is 0.333. The minimum absolute atomic E-state index is 0.00531. The van der Waals surface area contributed by atoms with E-state index in [0.29, 0.717) is 5.69 Å². The average molecular weight is 416 g/mol. The number of carbonyl (C=O) groups is 2. The summed E-state index contributed by atoms with van der Waals surface area (Å²) in [6, 6.07) is 8.38. The number of aromatic nitrogens is 1. The zero-order valence-corrected chi connectivity index (χ0v) is 16.6. The van der Waals surface area contributed by atoms with E-state index in [9.17, 15) is 28.0 Å². The Morgan fingerprint density at radius 2 is 2.00 bits per heavy atom. The van der Waals surface area contributed by atoms with Crippen LogP contribution in [0.25, 0.3) is 0 Å². The molecule has 0 aliphatic carbocycles. The SMILES string of the molecule is Cc1cccc(N(C)C(=O)[C@@H]2CCC(=O)N2c2nc(C)cc(C(F)(F)F)c2C#N)c1. The first kappa shape index (κ1) is 21.3. The molecule has 6 nitrogen and oxygen atoms in total. The number of rotatable bonds is 3. The van der Waals surface area contributed by atoms with E-state index in [1.807, 2.05) is 13.0 Å². The van der Waals surface area contributed by atoms with Gasteiger partial charge in [-0.1, -0.05) is 12.1 Å². The number of amides is 2. The maximum Gasteiger partial charge on any atom is 0.417 e. The topological polar surface area (TPSA) is 77.3 Å². The fourth-order valence-electron chi connectivity index (χ4n) is 3.54. The van der Waals surface area contributed by atoms with Gasteiger partial charge in [0.2, 0.25) is 11.8 Å². The van der Waals surface area contributed by atoms with Crippen LogP contribution in [0.1, 0.15) is 35.2 Å². The molecule has 2 amide bonds. The summed E-state index contributed by atoms with van der Waals surface area (Å²) in [6.45, 7) is 3.21. The fourth-order valence-corrected chi connectivity index (χ4v) is 3.54. The van der Waals surface area contributed by atoms with Gasteiger partial charge in [-0.25, -0.2) is 4.98 Å². The summed E-state index contributed by atoms with van der Waals surface area (Å²) in [4.78, 5) is 32.1. The molecule has 9 heteroatoms. The molecule has 30 heavy (non-hydrogen) atoms. The zero-order chi connectivity index (χ0) is 22.2. The quantitative estimate of drug-likeness (QED) is 0.764. The number of likely N-dealkylation sites (N-methyl/N-ethyl adjacent to an activating group) is 1. The number of hydrogen-bond acceptors (Lipinski definition) is 4. The molecule has 0 radical (unpaired) electrons. The zero-order valence-electron chi connectivity index (χ0n) is 16.6. The second-order valence-electron chi connectivity index (χ2n) is 7.17. The number of anilines is 2. The largest absolute Gasteiger partial charge is 0.417 e. The van der Waals surface area contributed by atoms with Gasteiger partial charge in [-0.2, -0.15) is 18.4 Å². The van der Waals surface area contributed by atoms with Crippen LogP contribution in [0.2, 0.25) is 0 Å². The monoisotopic (exact) mass is 416 g/mol. The molecule has 1 atom stereocenters. The molecule has 0 saturated carbocycles. The van der Waals surface area contributed by atoms with Gasteiger partial charge in [-0.05, 0) is 44.0 Å². The van der Waals surface area contributed by atoms with E-state index in [1.165, 1.54) is 24.9 Å². The molecule has 2 heterocycles. The van der Waals surface area contributed by atoms with Crippen LogP contribution < -0.4 is 9.80 Å². The van der Waals surface area contributed by atoms with Crippen molar-refractivity contribution < 1.29 is 22.8 Å². The van der Waals surface area contributed by atoms with Crippen molar-refractivity contribution in [2.24, 2.45) is 0 Å². The molecule has 3 rings (SSSR count). The first-order chi connectivity index (χ1) is 14.0. The Morgan fingerprint density at radius 3 is 2.60 bits per heavy atom. The second-order valence-corrected chi connectivity index (χ2v) is 7.17. The maximum atomic E-state index is 13.5. The summed E-state index contributed by atoms with van der Waals surface area (Å²) in [5.41, 5.74) is -0.430. The van der Waals surface area contributed by atoms with Crippen LogP contribution in [0.3, 0.4) is 0 Å². The predicted octanol–water partition coefficient (Wildman–Crippen LogP) is 3.75. The molecule has 1 saturated heterocycles. The number of hydrogen-bond donors (Lipinski definition) is 0. The standard InChI is InChI=1S/C21H19F3N4O2/c1-12-5-4-6-14(9-12)27(3)20(30)17-7-8-18(29)28(17)19-15(11-25)16(21(22,23)24)10-13(2)26-19/h4-6,9-10,17H,7-8H2,1-3H3/t17-/m0/s1. The van der Waals surface area contributed by atoms with Gasteiger partial charge in [0.15, 0.2) is 5.82 Å². The smallest absolute Gasteiger partial charge is 0.314 e. The molecule has 0 spiro atoms. The van der Waals surface area contributed by atoms with Crippen molar-refractivity contribution in [1.82, 2.24) is 4.98 Å². The minimum atomic E-state index is -4.80. The summed E-state index contributed by atoms with van der Waals surface area (Å²) in [5, 5.41) is 9.42. The van der Waals surface area contributed by atoms with Crippen molar-refractivity contribution >= 4 is 23.3 Å². The molecule has 156 valence electrons. The highest BCUT2D eigenvalue weighted by atomic mass is 19.4. The van der Waals surface area contributed by atoms with Crippen LogP contribution in [-0.2, 0) is 15.8 Å². The molecule has 1 aromatic heterocycles. The molecule has 0 N–H and O–H groups in total. The third kappa shape index (κ3) is 3.85. The Bertz CT molecular complexity index is 1060. The van der Waals surface area contributed by atoms with E-state index < -0.39 is 41.0 Å². The van der Waals surface area contributed by atoms with Crippen LogP contribution in [0.4, 0.5) is 24.7 Å². The number of benzene rings is 1. The number of pyridine rings is 1. The third-order valence-electron chi connectivity index (χ3n) is 4.99. The maximum absolute atomic E-state index is 13.5. The van der Waals surface area contributed by atoms with Gasteiger partial charge in [0.05, 0.1) is 5.56 Å². The molecule has 0 bridgehead atoms. The molecule has 1 fully saturated rings. The lowest BCUT2D eigenvalue weighted by Crippen LogP contribution is -2.46. The number of aryl methyl sites for hydroxylation is 2. The number of alkyl halides is 3. The van der Waals surface area contributed by atoms with Gasteiger partial charge in [-0.3, -0.25) is 14.5 Å². The lowest BCUT2D eigenvalue weighted by atomic mass is 10.1. The van der Waals surface area contributed by atoms with E-state index >= 15 is 0 Å². The first-order valence-electron chi connectivity index (χ1n) is 9.20. The van der Waals surface area contributed by atoms with E-state index in [1.54, 1.807) is 18.2 Å². The number of halogens is 3. The highest BCUT2D eigenvalue weighted by Crippen LogP contribution is 2.38. The van der Waals surface area contributed by atoms with Gasteiger partial charge >= 0.3 is 6.18 Å².